The first-order valence-corrected chi connectivity index (χ1v) is 11.0. The van der Waals surface area contributed by atoms with Gasteiger partial charge >= 0.3 is 0 Å². The van der Waals surface area contributed by atoms with Crippen molar-refractivity contribution in [2.24, 2.45) is 11.8 Å². The number of nitrogens with zero attached hydrogens (tertiary/aromatic N) is 1. The molecule has 3 atom stereocenters. The zero-order chi connectivity index (χ0) is 18.1. The Bertz CT molecular complexity index is 878. The van der Waals surface area contributed by atoms with Gasteiger partial charge in [0.15, 0.2) is 0 Å². The number of rotatable bonds is 6. The Morgan fingerprint density at radius 2 is 1.96 bits per heavy atom. The van der Waals surface area contributed by atoms with Crippen LogP contribution in [-0.2, 0) is 21.3 Å². The summed E-state index contributed by atoms with van der Waals surface area (Å²) in [6, 6.07) is 15.0. The Labute approximate surface area is 155 Å². The zero-order valence-corrected chi connectivity index (χ0v) is 15.9. The van der Waals surface area contributed by atoms with Crippen LogP contribution in [0.5, 0.6) is 0 Å². The minimum absolute atomic E-state index is 0.127. The minimum atomic E-state index is -3.14. The fraction of sp³-hybridized carbons (Fsp3) is 0.500. The fourth-order valence-electron chi connectivity index (χ4n) is 4.23. The molecule has 140 valence electrons. The van der Waals surface area contributed by atoms with E-state index in [-0.39, 0.29) is 17.8 Å². The van der Waals surface area contributed by atoms with Crippen molar-refractivity contribution >= 4 is 20.8 Å². The van der Waals surface area contributed by atoms with E-state index in [0.29, 0.717) is 19.1 Å². The van der Waals surface area contributed by atoms with Crippen molar-refractivity contribution < 1.29 is 13.2 Å². The van der Waals surface area contributed by atoms with Crippen LogP contribution in [0.3, 0.4) is 0 Å². The van der Waals surface area contributed by atoms with Gasteiger partial charge in [0.05, 0.1) is 18.5 Å². The summed E-state index contributed by atoms with van der Waals surface area (Å²) in [5.74, 6) is 0.797. The van der Waals surface area contributed by atoms with Crippen LogP contribution >= 0.6 is 0 Å². The number of likely N-dealkylation sites (tertiary alicyclic amines) is 1. The van der Waals surface area contributed by atoms with Crippen molar-refractivity contribution in [2.45, 2.75) is 19.6 Å². The standard InChI is InChI=1S/C20H26N2O3S/c1-2-26(23,24)21-10-17-14-25-20-13-22(12-19(17)20)11-16-8-5-7-15-6-3-4-9-18(15)16/h3-9,17,19-21H,2,10-14H2,1H3/t17-,19-,20-/m1/s1. The number of ether oxygens (including phenoxy) is 1. The van der Waals surface area contributed by atoms with Crippen molar-refractivity contribution in [1.82, 2.24) is 9.62 Å². The highest BCUT2D eigenvalue weighted by atomic mass is 32.2. The summed E-state index contributed by atoms with van der Waals surface area (Å²) in [6.07, 6.45) is 0.223. The van der Waals surface area contributed by atoms with Crippen molar-refractivity contribution in [3.63, 3.8) is 0 Å². The Kier molecular flexibility index (Phi) is 5.01. The van der Waals surface area contributed by atoms with E-state index in [0.717, 1.165) is 19.6 Å². The molecule has 0 aliphatic carbocycles. The van der Waals surface area contributed by atoms with E-state index in [4.69, 9.17) is 4.74 Å². The molecule has 0 saturated carbocycles. The Hall–Kier alpha value is -1.47. The monoisotopic (exact) mass is 374 g/mol. The van der Waals surface area contributed by atoms with E-state index >= 15 is 0 Å². The molecule has 4 rings (SSSR count). The lowest BCUT2D eigenvalue weighted by Crippen LogP contribution is -2.35. The fourth-order valence-corrected chi connectivity index (χ4v) is 4.90. The number of benzene rings is 2. The van der Waals surface area contributed by atoms with Crippen LogP contribution in [0.1, 0.15) is 12.5 Å². The van der Waals surface area contributed by atoms with Gasteiger partial charge < -0.3 is 4.74 Å². The quantitative estimate of drug-likeness (QED) is 0.842. The molecule has 2 aromatic carbocycles. The van der Waals surface area contributed by atoms with Gasteiger partial charge in [-0.2, -0.15) is 0 Å². The predicted molar refractivity (Wildman–Crippen MR) is 103 cm³/mol. The molecule has 2 aliphatic rings. The first-order valence-electron chi connectivity index (χ1n) is 9.33. The van der Waals surface area contributed by atoms with Crippen LogP contribution in [0, 0.1) is 11.8 Å². The lowest BCUT2D eigenvalue weighted by molar-refractivity contribution is 0.0943. The van der Waals surface area contributed by atoms with Gasteiger partial charge in [-0.25, -0.2) is 13.1 Å². The van der Waals surface area contributed by atoms with Crippen molar-refractivity contribution in [3.05, 3.63) is 48.0 Å². The van der Waals surface area contributed by atoms with Crippen LogP contribution in [0.4, 0.5) is 0 Å². The Balaban J connectivity index is 1.42. The van der Waals surface area contributed by atoms with Gasteiger partial charge in [0, 0.05) is 38.0 Å². The molecule has 0 amide bonds. The lowest BCUT2D eigenvalue weighted by Gasteiger charge is -2.20. The summed E-state index contributed by atoms with van der Waals surface area (Å²) in [4.78, 5) is 2.44. The average Bonchev–Trinajstić information content (AvgIpc) is 3.21. The molecule has 2 aromatic rings. The maximum Gasteiger partial charge on any atom is 0.211 e. The molecular weight excluding hydrogens is 348 g/mol. The van der Waals surface area contributed by atoms with Gasteiger partial charge in [-0.15, -0.1) is 0 Å². The SMILES string of the molecule is CCS(=O)(=O)NC[C@@H]1CO[C@@H]2CN(Cc3cccc4ccccc34)C[C@H]12. The molecule has 2 heterocycles. The van der Waals surface area contributed by atoms with Gasteiger partial charge in [0.25, 0.3) is 0 Å². The number of fused-ring (bicyclic) bond motifs is 2. The molecule has 0 unspecified atom stereocenters. The zero-order valence-electron chi connectivity index (χ0n) is 15.1. The second-order valence-corrected chi connectivity index (χ2v) is 9.48. The maximum absolute atomic E-state index is 11.7. The molecule has 26 heavy (non-hydrogen) atoms. The topological polar surface area (TPSA) is 58.6 Å². The maximum atomic E-state index is 11.7. The van der Waals surface area contributed by atoms with E-state index in [1.54, 1.807) is 6.92 Å². The summed E-state index contributed by atoms with van der Waals surface area (Å²) in [5.41, 5.74) is 1.34. The van der Waals surface area contributed by atoms with Gasteiger partial charge in [0.2, 0.25) is 10.0 Å². The summed E-state index contributed by atoms with van der Waals surface area (Å²) >= 11 is 0. The highest BCUT2D eigenvalue weighted by Crippen LogP contribution is 2.34. The van der Waals surface area contributed by atoms with Crippen LogP contribution in [0.15, 0.2) is 42.5 Å². The summed E-state index contributed by atoms with van der Waals surface area (Å²) in [6.45, 7) is 5.60. The summed E-state index contributed by atoms with van der Waals surface area (Å²) in [7, 11) is -3.14. The summed E-state index contributed by atoms with van der Waals surface area (Å²) < 4.78 is 32.1. The Morgan fingerprint density at radius 3 is 2.81 bits per heavy atom. The molecule has 0 aromatic heterocycles. The third-order valence-corrected chi connectivity index (χ3v) is 7.10. The van der Waals surface area contributed by atoms with Gasteiger partial charge in [-0.1, -0.05) is 42.5 Å². The van der Waals surface area contributed by atoms with E-state index in [1.807, 2.05) is 0 Å². The third kappa shape index (κ3) is 3.64. The molecule has 2 fully saturated rings. The molecule has 2 saturated heterocycles. The first-order chi connectivity index (χ1) is 12.6. The number of hydrogen-bond acceptors (Lipinski definition) is 4. The highest BCUT2D eigenvalue weighted by molar-refractivity contribution is 7.89. The summed E-state index contributed by atoms with van der Waals surface area (Å²) in [5, 5.41) is 2.58. The van der Waals surface area contributed by atoms with Crippen LogP contribution in [-0.4, -0.2) is 51.4 Å². The molecular formula is C20H26N2O3S. The largest absolute Gasteiger partial charge is 0.376 e. The van der Waals surface area contributed by atoms with E-state index < -0.39 is 10.0 Å². The highest BCUT2D eigenvalue weighted by Gasteiger charge is 2.43. The van der Waals surface area contributed by atoms with Crippen molar-refractivity contribution in [3.8, 4) is 0 Å². The molecule has 0 spiro atoms. The van der Waals surface area contributed by atoms with Gasteiger partial charge in [-0.3, -0.25) is 4.90 Å². The molecule has 0 bridgehead atoms. The number of nitrogens with one attached hydrogen (secondary N) is 1. The van der Waals surface area contributed by atoms with E-state index in [1.165, 1.54) is 16.3 Å². The molecule has 5 nitrogen and oxygen atoms in total. The second kappa shape index (κ2) is 7.27. The lowest BCUT2D eigenvalue weighted by atomic mass is 9.93. The minimum Gasteiger partial charge on any atom is -0.376 e. The van der Waals surface area contributed by atoms with Crippen LogP contribution < -0.4 is 4.72 Å². The second-order valence-electron chi connectivity index (χ2n) is 7.38. The number of sulfonamides is 1. The first kappa shape index (κ1) is 17.9. The Morgan fingerprint density at radius 1 is 1.15 bits per heavy atom. The van der Waals surface area contributed by atoms with E-state index in [9.17, 15) is 8.42 Å². The average molecular weight is 375 g/mol. The molecule has 1 N–H and O–H groups in total. The smallest absolute Gasteiger partial charge is 0.211 e. The predicted octanol–water partition coefficient (Wildman–Crippen LogP) is 2.23. The van der Waals surface area contributed by atoms with Crippen molar-refractivity contribution in [1.29, 1.82) is 0 Å². The molecule has 6 heteroatoms. The van der Waals surface area contributed by atoms with Crippen LogP contribution in [0.25, 0.3) is 10.8 Å². The third-order valence-electron chi connectivity index (χ3n) is 5.73. The molecule has 0 radical (unpaired) electrons. The van der Waals surface area contributed by atoms with E-state index in [2.05, 4.69) is 52.1 Å². The number of hydrogen-bond donors (Lipinski definition) is 1. The van der Waals surface area contributed by atoms with Crippen LogP contribution in [0.2, 0.25) is 0 Å². The molecule has 2 aliphatic heterocycles. The normalized spacial score (nSPS) is 26.4. The van der Waals surface area contributed by atoms with Gasteiger partial charge in [0.1, 0.15) is 0 Å². The van der Waals surface area contributed by atoms with Gasteiger partial charge in [-0.05, 0) is 23.3 Å². The van der Waals surface area contributed by atoms with Crippen molar-refractivity contribution in [2.75, 3.05) is 32.0 Å².